The van der Waals surface area contributed by atoms with Gasteiger partial charge in [-0.1, -0.05) is 36.8 Å². The third-order valence-corrected chi connectivity index (χ3v) is 4.48. The van der Waals surface area contributed by atoms with Crippen molar-refractivity contribution in [2.75, 3.05) is 23.3 Å². The van der Waals surface area contributed by atoms with Gasteiger partial charge in [0.2, 0.25) is 5.95 Å². The van der Waals surface area contributed by atoms with Gasteiger partial charge in [-0.3, -0.25) is 0 Å². The van der Waals surface area contributed by atoms with Crippen LogP contribution in [-0.4, -0.2) is 23.1 Å². The van der Waals surface area contributed by atoms with Crippen LogP contribution in [0, 0.1) is 19.8 Å². The Balaban J connectivity index is 1.70. The number of benzene rings is 1. The highest BCUT2D eigenvalue weighted by atomic mass is 15.2. The first-order valence-corrected chi connectivity index (χ1v) is 8.50. The molecule has 1 aromatic carbocycles. The zero-order valence-corrected chi connectivity index (χ0v) is 14.3. The summed E-state index contributed by atoms with van der Waals surface area (Å²) in [6.07, 6.45) is 2.49. The quantitative estimate of drug-likeness (QED) is 0.928. The first-order chi connectivity index (χ1) is 11.1. The van der Waals surface area contributed by atoms with Gasteiger partial charge in [-0.05, 0) is 38.2 Å². The summed E-state index contributed by atoms with van der Waals surface area (Å²) in [7, 11) is 0. The fourth-order valence-electron chi connectivity index (χ4n) is 3.03. The molecule has 0 saturated carbocycles. The second-order valence-electron chi connectivity index (χ2n) is 6.70. The fourth-order valence-corrected chi connectivity index (χ4v) is 3.03. The molecule has 1 saturated heterocycles. The number of aryl methyl sites for hydroxylation is 2. The van der Waals surface area contributed by atoms with Gasteiger partial charge >= 0.3 is 0 Å². The Morgan fingerprint density at radius 1 is 1.13 bits per heavy atom. The molecule has 0 spiro atoms. The number of rotatable bonds is 4. The number of hydrogen-bond acceptors (Lipinski definition) is 4. The van der Waals surface area contributed by atoms with Gasteiger partial charge in [-0.15, -0.1) is 0 Å². The van der Waals surface area contributed by atoms with Crippen molar-refractivity contribution in [1.82, 2.24) is 9.97 Å². The van der Waals surface area contributed by atoms with Crippen molar-refractivity contribution in [2.45, 2.75) is 40.2 Å². The number of aromatic nitrogens is 2. The summed E-state index contributed by atoms with van der Waals surface area (Å²) in [5, 5.41) is 3.37. The Kier molecular flexibility index (Phi) is 4.79. The summed E-state index contributed by atoms with van der Waals surface area (Å²) in [5.41, 5.74) is 3.54. The molecule has 0 unspecified atom stereocenters. The molecule has 0 bridgehead atoms. The molecule has 3 rings (SSSR count). The molecule has 23 heavy (non-hydrogen) atoms. The number of nitrogens with zero attached hydrogens (tertiary/aromatic N) is 3. The van der Waals surface area contributed by atoms with E-state index in [1.54, 1.807) is 0 Å². The molecule has 1 fully saturated rings. The average Bonchev–Trinajstić information content (AvgIpc) is 2.53. The lowest BCUT2D eigenvalue weighted by Gasteiger charge is -2.31. The third kappa shape index (κ3) is 4.21. The van der Waals surface area contributed by atoms with E-state index in [1.165, 1.54) is 24.0 Å². The van der Waals surface area contributed by atoms with E-state index in [0.29, 0.717) is 0 Å². The van der Waals surface area contributed by atoms with Crippen LogP contribution >= 0.6 is 0 Å². The molecular weight excluding hydrogens is 284 g/mol. The summed E-state index contributed by atoms with van der Waals surface area (Å²) in [4.78, 5) is 11.6. The van der Waals surface area contributed by atoms with Crippen LogP contribution in [0.2, 0.25) is 0 Å². The van der Waals surface area contributed by atoms with Crippen molar-refractivity contribution in [2.24, 2.45) is 5.92 Å². The molecule has 2 aromatic rings. The molecule has 4 heteroatoms. The van der Waals surface area contributed by atoms with Crippen molar-refractivity contribution in [3.05, 3.63) is 47.2 Å². The first kappa shape index (κ1) is 15.8. The van der Waals surface area contributed by atoms with E-state index in [2.05, 4.69) is 59.4 Å². The second-order valence-corrected chi connectivity index (χ2v) is 6.70. The van der Waals surface area contributed by atoms with E-state index in [4.69, 9.17) is 4.98 Å². The first-order valence-electron chi connectivity index (χ1n) is 8.50. The zero-order chi connectivity index (χ0) is 16.2. The minimum Gasteiger partial charge on any atom is -0.356 e. The molecule has 2 heterocycles. The van der Waals surface area contributed by atoms with Crippen molar-refractivity contribution in [1.29, 1.82) is 0 Å². The van der Waals surface area contributed by atoms with Crippen LogP contribution in [0.5, 0.6) is 0 Å². The van der Waals surface area contributed by atoms with Crippen LogP contribution in [0.15, 0.2) is 30.3 Å². The second kappa shape index (κ2) is 6.99. The van der Waals surface area contributed by atoms with Crippen LogP contribution in [0.4, 0.5) is 11.8 Å². The summed E-state index contributed by atoms with van der Waals surface area (Å²) in [5.74, 6) is 2.60. The smallest absolute Gasteiger partial charge is 0.225 e. The van der Waals surface area contributed by atoms with E-state index in [-0.39, 0.29) is 0 Å². The molecule has 0 radical (unpaired) electrons. The number of hydrogen-bond donors (Lipinski definition) is 1. The minimum absolute atomic E-state index is 0.722. The monoisotopic (exact) mass is 310 g/mol. The molecule has 1 N–H and O–H groups in total. The van der Waals surface area contributed by atoms with Gasteiger partial charge in [-0.25, -0.2) is 4.98 Å². The highest BCUT2D eigenvalue weighted by molar-refractivity contribution is 5.45. The van der Waals surface area contributed by atoms with Gasteiger partial charge < -0.3 is 10.2 Å². The van der Waals surface area contributed by atoms with E-state index in [0.717, 1.165) is 43.0 Å². The molecule has 1 aliphatic rings. The minimum atomic E-state index is 0.722. The number of nitrogens with one attached hydrogen (secondary N) is 1. The largest absolute Gasteiger partial charge is 0.356 e. The molecule has 122 valence electrons. The standard InChI is InChI=1S/C19H26N4/c1-14-7-9-23(10-8-14)18-12-16(3)21-19(22-18)20-13-17-6-4-5-15(2)11-17/h4-6,11-12,14H,7-10,13H2,1-3H3,(H,20,21,22). The molecule has 1 aromatic heterocycles. The van der Waals surface area contributed by atoms with Crippen LogP contribution in [0.1, 0.15) is 36.6 Å². The molecule has 0 aliphatic carbocycles. The molecule has 4 nitrogen and oxygen atoms in total. The Bertz CT molecular complexity index is 660. The average molecular weight is 310 g/mol. The lowest BCUT2D eigenvalue weighted by atomic mass is 9.99. The van der Waals surface area contributed by atoms with E-state index >= 15 is 0 Å². The maximum absolute atomic E-state index is 4.72. The molecule has 1 aliphatic heterocycles. The number of anilines is 2. The molecular formula is C19H26N4. The van der Waals surface area contributed by atoms with Gasteiger partial charge in [0.05, 0.1) is 0 Å². The maximum Gasteiger partial charge on any atom is 0.225 e. The Morgan fingerprint density at radius 3 is 2.65 bits per heavy atom. The Hall–Kier alpha value is -2.10. The van der Waals surface area contributed by atoms with Crippen LogP contribution < -0.4 is 10.2 Å². The van der Waals surface area contributed by atoms with E-state index in [1.807, 2.05) is 6.92 Å². The topological polar surface area (TPSA) is 41.1 Å². The summed E-state index contributed by atoms with van der Waals surface area (Å²) in [6.45, 7) is 9.42. The van der Waals surface area contributed by atoms with Gasteiger partial charge in [0, 0.05) is 31.4 Å². The summed E-state index contributed by atoms with van der Waals surface area (Å²) >= 11 is 0. The Labute approximate surface area is 139 Å². The van der Waals surface area contributed by atoms with Gasteiger partial charge in [0.25, 0.3) is 0 Å². The summed E-state index contributed by atoms with van der Waals surface area (Å²) in [6, 6.07) is 10.6. The van der Waals surface area contributed by atoms with Crippen LogP contribution in [0.3, 0.4) is 0 Å². The van der Waals surface area contributed by atoms with Crippen LogP contribution in [0.25, 0.3) is 0 Å². The molecule has 0 amide bonds. The van der Waals surface area contributed by atoms with Gasteiger partial charge in [0.1, 0.15) is 5.82 Å². The predicted molar refractivity (Wildman–Crippen MR) is 95.9 cm³/mol. The van der Waals surface area contributed by atoms with E-state index in [9.17, 15) is 0 Å². The maximum atomic E-state index is 4.72. The van der Waals surface area contributed by atoms with Crippen molar-refractivity contribution < 1.29 is 0 Å². The Morgan fingerprint density at radius 2 is 1.91 bits per heavy atom. The lowest BCUT2D eigenvalue weighted by molar-refractivity contribution is 0.436. The lowest BCUT2D eigenvalue weighted by Crippen LogP contribution is -2.33. The summed E-state index contributed by atoms with van der Waals surface area (Å²) < 4.78 is 0. The van der Waals surface area contributed by atoms with E-state index < -0.39 is 0 Å². The van der Waals surface area contributed by atoms with Crippen molar-refractivity contribution in [3.63, 3.8) is 0 Å². The normalized spacial score (nSPS) is 15.7. The van der Waals surface area contributed by atoms with Gasteiger partial charge in [-0.2, -0.15) is 4.98 Å². The zero-order valence-electron chi connectivity index (χ0n) is 14.3. The fraction of sp³-hybridized carbons (Fsp3) is 0.474. The molecule has 0 atom stereocenters. The van der Waals surface area contributed by atoms with Gasteiger partial charge in [0.15, 0.2) is 0 Å². The third-order valence-electron chi connectivity index (χ3n) is 4.48. The SMILES string of the molecule is Cc1cccc(CNc2nc(C)cc(N3CCC(C)CC3)n2)c1. The van der Waals surface area contributed by atoms with Crippen LogP contribution in [-0.2, 0) is 6.54 Å². The number of piperidine rings is 1. The highest BCUT2D eigenvalue weighted by Crippen LogP contribution is 2.22. The van der Waals surface area contributed by atoms with Crippen molar-refractivity contribution >= 4 is 11.8 Å². The highest BCUT2D eigenvalue weighted by Gasteiger charge is 2.17. The predicted octanol–water partition coefficient (Wildman–Crippen LogP) is 3.94. The van der Waals surface area contributed by atoms with Crippen molar-refractivity contribution in [3.8, 4) is 0 Å².